The van der Waals surface area contributed by atoms with E-state index in [1.807, 2.05) is 17.6 Å². The fourth-order valence-corrected chi connectivity index (χ4v) is 1.96. The zero-order valence-corrected chi connectivity index (χ0v) is 8.47. The Morgan fingerprint density at radius 1 is 1.50 bits per heavy atom. The van der Waals surface area contributed by atoms with E-state index in [1.54, 1.807) is 11.3 Å². The van der Waals surface area contributed by atoms with E-state index in [1.165, 1.54) is 4.70 Å². The number of nitrogens with one attached hydrogen (secondary N) is 1. The summed E-state index contributed by atoms with van der Waals surface area (Å²) in [5, 5.41) is 3.26. The predicted octanol–water partition coefficient (Wildman–Crippen LogP) is 2.73. The van der Waals surface area contributed by atoms with Crippen LogP contribution in [-0.2, 0) is 0 Å². The summed E-state index contributed by atoms with van der Waals surface area (Å²) in [6.45, 7) is 0.820. The van der Waals surface area contributed by atoms with Crippen LogP contribution in [0.25, 0.3) is 10.2 Å². The van der Waals surface area contributed by atoms with Crippen molar-refractivity contribution in [1.82, 2.24) is 4.98 Å². The SMILES string of the molecule is C#CCCNc1ccc2ncsc2c1. The van der Waals surface area contributed by atoms with Crippen molar-refractivity contribution < 1.29 is 0 Å². The summed E-state index contributed by atoms with van der Waals surface area (Å²) in [6.07, 6.45) is 5.92. The Balaban J connectivity index is 2.14. The van der Waals surface area contributed by atoms with E-state index in [2.05, 4.69) is 22.3 Å². The number of anilines is 1. The van der Waals surface area contributed by atoms with Gasteiger partial charge in [0.15, 0.2) is 0 Å². The first-order chi connectivity index (χ1) is 6.90. The number of terminal acetylenes is 1. The van der Waals surface area contributed by atoms with Gasteiger partial charge in [0.25, 0.3) is 0 Å². The van der Waals surface area contributed by atoms with Gasteiger partial charge in [-0.25, -0.2) is 4.98 Å². The molecule has 1 aromatic carbocycles. The number of hydrogen-bond donors (Lipinski definition) is 1. The zero-order chi connectivity index (χ0) is 9.80. The van der Waals surface area contributed by atoms with Crippen LogP contribution in [-0.4, -0.2) is 11.5 Å². The number of nitrogens with zero attached hydrogens (tertiary/aromatic N) is 1. The standard InChI is InChI=1S/C11H10N2S/c1-2-3-6-12-9-4-5-10-11(7-9)14-8-13-10/h1,4-5,7-8,12H,3,6H2. The van der Waals surface area contributed by atoms with Gasteiger partial charge in [-0.3, -0.25) is 0 Å². The molecule has 0 spiro atoms. The Labute approximate surface area is 87.0 Å². The molecule has 1 N–H and O–H groups in total. The number of hydrogen-bond acceptors (Lipinski definition) is 3. The molecule has 0 atom stereocenters. The van der Waals surface area contributed by atoms with Crippen molar-refractivity contribution in [1.29, 1.82) is 0 Å². The predicted molar refractivity (Wildman–Crippen MR) is 61.6 cm³/mol. The largest absolute Gasteiger partial charge is 0.384 e. The van der Waals surface area contributed by atoms with E-state index in [0.29, 0.717) is 0 Å². The van der Waals surface area contributed by atoms with Crippen molar-refractivity contribution in [3.8, 4) is 12.3 Å². The molecule has 0 bridgehead atoms. The molecule has 1 aromatic heterocycles. The first kappa shape index (κ1) is 9.04. The average molecular weight is 202 g/mol. The molecule has 2 aromatic rings. The number of rotatable bonds is 3. The van der Waals surface area contributed by atoms with Gasteiger partial charge < -0.3 is 5.32 Å². The average Bonchev–Trinajstić information content (AvgIpc) is 2.65. The Morgan fingerprint density at radius 3 is 3.29 bits per heavy atom. The number of aromatic nitrogens is 1. The topological polar surface area (TPSA) is 24.9 Å². The molecule has 0 saturated carbocycles. The lowest BCUT2D eigenvalue weighted by Crippen LogP contribution is -1.99. The van der Waals surface area contributed by atoms with Crippen LogP contribution < -0.4 is 5.32 Å². The van der Waals surface area contributed by atoms with Crippen molar-refractivity contribution in [3.63, 3.8) is 0 Å². The summed E-state index contributed by atoms with van der Waals surface area (Å²) in [6, 6.07) is 6.14. The third-order valence-electron chi connectivity index (χ3n) is 1.93. The molecular formula is C11H10N2S. The van der Waals surface area contributed by atoms with Crippen LogP contribution in [0.3, 0.4) is 0 Å². The van der Waals surface area contributed by atoms with Gasteiger partial charge in [-0.05, 0) is 18.2 Å². The highest BCUT2D eigenvalue weighted by Crippen LogP contribution is 2.21. The molecule has 1 heterocycles. The maximum atomic E-state index is 5.17. The molecule has 70 valence electrons. The molecule has 0 aliphatic rings. The second-order valence-corrected chi connectivity index (χ2v) is 3.80. The minimum absolute atomic E-state index is 0.751. The Bertz CT molecular complexity index is 467. The van der Waals surface area contributed by atoms with Crippen molar-refractivity contribution >= 4 is 27.2 Å². The Kier molecular flexibility index (Phi) is 2.66. The molecule has 2 nitrogen and oxygen atoms in total. The molecule has 0 radical (unpaired) electrons. The third-order valence-corrected chi connectivity index (χ3v) is 2.72. The van der Waals surface area contributed by atoms with Crippen LogP contribution >= 0.6 is 11.3 Å². The van der Waals surface area contributed by atoms with Crippen molar-refractivity contribution in [2.75, 3.05) is 11.9 Å². The first-order valence-corrected chi connectivity index (χ1v) is 5.29. The highest BCUT2D eigenvalue weighted by Gasteiger charge is 1.97. The fraction of sp³-hybridized carbons (Fsp3) is 0.182. The minimum atomic E-state index is 0.751. The number of thiazole rings is 1. The van der Waals surface area contributed by atoms with Gasteiger partial charge >= 0.3 is 0 Å². The summed E-state index contributed by atoms with van der Waals surface area (Å²) >= 11 is 1.65. The van der Waals surface area contributed by atoms with Crippen LogP contribution in [0.15, 0.2) is 23.7 Å². The first-order valence-electron chi connectivity index (χ1n) is 4.41. The molecule has 0 aliphatic carbocycles. The summed E-state index contributed by atoms with van der Waals surface area (Å²) in [7, 11) is 0. The van der Waals surface area contributed by atoms with E-state index in [-0.39, 0.29) is 0 Å². The second-order valence-electron chi connectivity index (χ2n) is 2.92. The fourth-order valence-electron chi connectivity index (χ4n) is 1.24. The monoisotopic (exact) mass is 202 g/mol. The van der Waals surface area contributed by atoms with E-state index in [9.17, 15) is 0 Å². The van der Waals surface area contributed by atoms with Crippen molar-refractivity contribution in [3.05, 3.63) is 23.7 Å². The summed E-state index contributed by atoms with van der Waals surface area (Å²) in [5.41, 5.74) is 4.02. The lowest BCUT2D eigenvalue weighted by atomic mass is 10.3. The number of fused-ring (bicyclic) bond motifs is 1. The number of benzene rings is 1. The van der Waals surface area contributed by atoms with Gasteiger partial charge in [-0.1, -0.05) is 0 Å². The summed E-state index contributed by atoms with van der Waals surface area (Å²) < 4.78 is 1.20. The Hall–Kier alpha value is -1.53. The maximum absolute atomic E-state index is 5.17. The van der Waals surface area contributed by atoms with E-state index in [0.717, 1.165) is 24.2 Å². The maximum Gasteiger partial charge on any atom is 0.0813 e. The normalized spacial score (nSPS) is 9.93. The molecule has 0 amide bonds. The third kappa shape index (κ3) is 1.86. The van der Waals surface area contributed by atoms with E-state index >= 15 is 0 Å². The lowest BCUT2D eigenvalue weighted by Gasteiger charge is -2.02. The van der Waals surface area contributed by atoms with Crippen molar-refractivity contribution in [2.24, 2.45) is 0 Å². The van der Waals surface area contributed by atoms with Gasteiger partial charge in [-0.15, -0.1) is 23.7 Å². The molecule has 14 heavy (non-hydrogen) atoms. The zero-order valence-electron chi connectivity index (χ0n) is 7.66. The smallest absolute Gasteiger partial charge is 0.0813 e. The molecule has 0 fully saturated rings. The molecule has 0 unspecified atom stereocenters. The van der Waals surface area contributed by atoms with Gasteiger partial charge in [0, 0.05) is 18.7 Å². The molecular weight excluding hydrogens is 192 g/mol. The van der Waals surface area contributed by atoms with Gasteiger partial charge in [-0.2, -0.15) is 0 Å². The van der Waals surface area contributed by atoms with Crippen LogP contribution in [0.1, 0.15) is 6.42 Å². The quantitative estimate of drug-likeness (QED) is 0.611. The van der Waals surface area contributed by atoms with Crippen LogP contribution in [0, 0.1) is 12.3 Å². The second kappa shape index (κ2) is 4.12. The lowest BCUT2D eigenvalue weighted by molar-refractivity contribution is 1.10. The highest BCUT2D eigenvalue weighted by atomic mass is 32.1. The highest BCUT2D eigenvalue weighted by molar-refractivity contribution is 7.16. The van der Waals surface area contributed by atoms with Crippen molar-refractivity contribution in [2.45, 2.75) is 6.42 Å². The molecule has 3 heteroatoms. The minimum Gasteiger partial charge on any atom is -0.384 e. The van der Waals surface area contributed by atoms with Gasteiger partial charge in [0.2, 0.25) is 0 Å². The van der Waals surface area contributed by atoms with Gasteiger partial charge in [0.1, 0.15) is 0 Å². The summed E-state index contributed by atoms with van der Waals surface area (Å²) in [4.78, 5) is 4.21. The van der Waals surface area contributed by atoms with E-state index < -0.39 is 0 Å². The van der Waals surface area contributed by atoms with Gasteiger partial charge in [0.05, 0.1) is 15.7 Å². The summed E-state index contributed by atoms with van der Waals surface area (Å²) in [5.74, 6) is 2.60. The van der Waals surface area contributed by atoms with Crippen LogP contribution in [0.4, 0.5) is 5.69 Å². The Morgan fingerprint density at radius 2 is 2.43 bits per heavy atom. The van der Waals surface area contributed by atoms with Crippen LogP contribution in [0.2, 0.25) is 0 Å². The molecule has 2 rings (SSSR count). The van der Waals surface area contributed by atoms with E-state index in [4.69, 9.17) is 6.42 Å². The van der Waals surface area contributed by atoms with Crippen LogP contribution in [0.5, 0.6) is 0 Å². The molecule has 0 saturated heterocycles. The molecule has 0 aliphatic heterocycles.